The van der Waals surface area contributed by atoms with Crippen molar-refractivity contribution in [3.63, 3.8) is 0 Å². The largest absolute Gasteiger partial charge is 0.369 e. The smallest absolute Gasteiger partial charge is 0.254 e. The fourth-order valence-corrected chi connectivity index (χ4v) is 4.25. The molecule has 7 heteroatoms. The van der Waals surface area contributed by atoms with Crippen molar-refractivity contribution in [1.29, 1.82) is 0 Å². The zero-order valence-corrected chi connectivity index (χ0v) is 16.2. The molecule has 1 amide bonds. The summed E-state index contributed by atoms with van der Waals surface area (Å²) < 4.78 is 39.8. The molecule has 0 bridgehead atoms. The first kappa shape index (κ1) is 19.8. The number of hydrogen-bond donors (Lipinski definition) is 0. The zero-order chi connectivity index (χ0) is 20.4. The van der Waals surface area contributed by atoms with E-state index < -0.39 is 11.6 Å². The summed E-state index contributed by atoms with van der Waals surface area (Å²) >= 11 is 0. The number of rotatable bonds is 3. The summed E-state index contributed by atoms with van der Waals surface area (Å²) in [6.45, 7) is 4.65. The molecule has 0 aromatic heterocycles. The highest BCUT2D eigenvalue weighted by Gasteiger charge is 2.30. The van der Waals surface area contributed by atoms with Crippen molar-refractivity contribution in [3.05, 3.63) is 65.5 Å². The Balaban J connectivity index is 1.36. The molecule has 2 fully saturated rings. The average Bonchev–Trinajstić information content (AvgIpc) is 2.76. The third-order valence-corrected chi connectivity index (χ3v) is 5.87. The number of hydrogen-bond acceptors (Lipinski definition) is 3. The highest BCUT2D eigenvalue weighted by atomic mass is 19.2. The fraction of sp³-hybridized carbons (Fsp3) is 0.409. The normalized spacial score (nSPS) is 20.7. The molecule has 0 N–H and O–H groups in total. The van der Waals surface area contributed by atoms with Gasteiger partial charge in [0, 0.05) is 56.6 Å². The van der Waals surface area contributed by atoms with E-state index in [4.69, 9.17) is 0 Å². The second-order valence-electron chi connectivity index (χ2n) is 7.68. The zero-order valence-electron chi connectivity index (χ0n) is 16.2. The third-order valence-electron chi connectivity index (χ3n) is 5.87. The van der Waals surface area contributed by atoms with Crippen LogP contribution in [0.3, 0.4) is 0 Å². The number of halogens is 3. The lowest BCUT2D eigenvalue weighted by atomic mass is 10.0. The summed E-state index contributed by atoms with van der Waals surface area (Å²) in [4.78, 5) is 19.1. The maximum absolute atomic E-state index is 13.5. The molecule has 2 aliphatic heterocycles. The predicted molar refractivity (Wildman–Crippen MR) is 105 cm³/mol. The highest BCUT2D eigenvalue weighted by Crippen LogP contribution is 2.22. The topological polar surface area (TPSA) is 26.8 Å². The van der Waals surface area contributed by atoms with Crippen molar-refractivity contribution in [2.45, 2.75) is 18.9 Å². The van der Waals surface area contributed by atoms with E-state index >= 15 is 0 Å². The Labute approximate surface area is 168 Å². The van der Waals surface area contributed by atoms with Crippen molar-refractivity contribution in [2.24, 2.45) is 0 Å². The summed E-state index contributed by atoms with van der Waals surface area (Å²) in [5.41, 5.74) is 1.20. The summed E-state index contributed by atoms with van der Waals surface area (Å²) in [6, 6.07) is 10.1. The van der Waals surface area contributed by atoms with E-state index in [1.807, 2.05) is 0 Å². The third kappa shape index (κ3) is 4.40. The van der Waals surface area contributed by atoms with Crippen LogP contribution in [0.1, 0.15) is 23.2 Å². The van der Waals surface area contributed by atoms with Gasteiger partial charge in [0.05, 0.1) is 0 Å². The number of nitrogens with zero attached hydrogens (tertiary/aromatic N) is 3. The molecular weight excluding hydrogens is 379 g/mol. The molecule has 0 unspecified atom stereocenters. The van der Waals surface area contributed by atoms with E-state index in [0.29, 0.717) is 13.1 Å². The first-order valence-corrected chi connectivity index (χ1v) is 10.00. The molecule has 0 radical (unpaired) electrons. The van der Waals surface area contributed by atoms with Gasteiger partial charge >= 0.3 is 0 Å². The van der Waals surface area contributed by atoms with Crippen LogP contribution in [0.5, 0.6) is 0 Å². The molecule has 0 spiro atoms. The van der Waals surface area contributed by atoms with Crippen LogP contribution in [0, 0.1) is 17.5 Å². The van der Waals surface area contributed by atoms with E-state index in [0.717, 1.165) is 56.8 Å². The van der Waals surface area contributed by atoms with Crippen LogP contribution in [0.2, 0.25) is 0 Å². The molecule has 2 saturated heterocycles. The van der Waals surface area contributed by atoms with Crippen LogP contribution in [0.4, 0.5) is 18.9 Å². The van der Waals surface area contributed by atoms with E-state index in [-0.39, 0.29) is 23.3 Å². The molecule has 2 aromatic carbocycles. The van der Waals surface area contributed by atoms with Gasteiger partial charge in [-0.15, -0.1) is 0 Å². The number of likely N-dealkylation sites (tertiary alicyclic amines) is 1. The van der Waals surface area contributed by atoms with Gasteiger partial charge in [-0.3, -0.25) is 9.69 Å². The van der Waals surface area contributed by atoms with Crippen molar-refractivity contribution in [1.82, 2.24) is 9.80 Å². The molecule has 4 nitrogen and oxygen atoms in total. The Morgan fingerprint density at radius 2 is 1.59 bits per heavy atom. The molecule has 2 aliphatic rings. The van der Waals surface area contributed by atoms with Crippen molar-refractivity contribution >= 4 is 11.6 Å². The quantitative estimate of drug-likeness (QED) is 0.785. The second kappa shape index (κ2) is 8.45. The Hall–Kier alpha value is -2.54. The van der Waals surface area contributed by atoms with Gasteiger partial charge in [-0.05, 0) is 55.3 Å². The van der Waals surface area contributed by atoms with Gasteiger partial charge in [-0.1, -0.05) is 0 Å². The number of piperidine rings is 1. The van der Waals surface area contributed by atoms with Crippen LogP contribution >= 0.6 is 0 Å². The standard InChI is InChI=1S/C22H24F3N3O/c23-17-4-6-18(7-5-17)26-10-12-27(13-11-26)19-2-1-9-28(15-19)22(29)16-3-8-20(24)21(25)14-16/h3-8,14,19H,1-2,9-13,15H2/t19-/m0/s1. The van der Waals surface area contributed by atoms with E-state index in [1.165, 1.54) is 18.2 Å². The molecule has 4 rings (SSSR count). The summed E-state index contributed by atoms with van der Waals surface area (Å²) in [6.07, 6.45) is 1.90. The molecule has 29 heavy (non-hydrogen) atoms. The van der Waals surface area contributed by atoms with Crippen LogP contribution < -0.4 is 4.90 Å². The number of carbonyl (C=O) groups excluding carboxylic acids is 1. The minimum atomic E-state index is -0.999. The van der Waals surface area contributed by atoms with Gasteiger partial charge in [0.1, 0.15) is 5.82 Å². The van der Waals surface area contributed by atoms with Gasteiger partial charge in [0.25, 0.3) is 5.91 Å². The summed E-state index contributed by atoms with van der Waals surface area (Å²) in [5.74, 6) is -2.43. The van der Waals surface area contributed by atoms with Crippen LogP contribution in [-0.2, 0) is 0 Å². The minimum absolute atomic E-state index is 0.186. The lowest BCUT2D eigenvalue weighted by molar-refractivity contribution is 0.0563. The van der Waals surface area contributed by atoms with Crippen molar-refractivity contribution in [2.75, 3.05) is 44.2 Å². The Morgan fingerprint density at radius 1 is 0.862 bits per heavy atom. The maximum atomic E-state index is 13.5. The lowest BCUT2D eigenvalue weighted by Gasteiger charge is -2.44. The number of benzene rings is 2. The number of amides is 1. The van der Waals surface area contributed by atoms with E-state index in [9.17, 15) is 18.0 Å². The Bertz CT molecular complexity index is 866. The lowest BCUT2D eigenvalue weighted by Crippen LogP contribution is -2.55. The van der Waals surface area contributed by atoms with E-state index in [1.54, 1.807) is 17.0 Å². The van der Waals surface area contributed by atoms with Crippen molar-refractivity contribution < 1.29 is 18.0 Å². The summed E-state index contributed by atoms with van der Waals surface area (Å²) in [5, 5.41) is 0. The number of carbonyl (C=O) groups is 1. The van der Waals surface area contributed by atoms with Crippen molar-refractivity contribution in [3.8, 4) is 0 Å². The minimum Gasteiger partial charge on any atom is -0.369 e. The number of piperazine rings is 1. The molecule has 1 atom stereocenters. The summed E-state index contributed by atoms with van der Waals surface area (Å²) in [7, 11) is 0. The monoisotopic (exact) mass is 403 g/mol. The number of anilines is 1. The molecular formula is C22H24F3N3O. The van der Waals surface area contributed by atoms with Crippen LogP contribution in [-0.4, -0.2) is 61.0 Å². The highest BCUT2D eigenvalue weighted by molar-refractivity contribution is 5.94. The molecule has 154 valence electrons. The fourth-order valence-electron chi connectivity index (χ4n) is 4.25. The Morgan fingerprint density at radius 3 is 2.28 bits per heavy atom. The van der Waals surface area contributed by atoms with Gasteiger partial charge < -0.3 is 9.80 Å². The van der Waals surface area contributed by atoms with Gasteiger partial charge in [0.2, 0.25) is 0 Å². The maximum Gasteiger partial charge on any atom is 0.254 e. The van der Waals surface area contributed by atoms with E-state index in [2.05, 4.69) is 9.80 Å². The second-order valence-corrected chi connectivity index (χ2v) is 7.68. The van der Waals surface area contributed by atoms with Gasteiger partial charge in [0.15, 0.2) is 11.6 Å². The van der Waals surface area contributed by atoms with Gasteiger partial charge in [-0.25, -0.2) is 13.2 Å². The first-order valence-electron chi connectivity index (χ1n) is 10.00. The molecule has 0 saturated carbocycles. The van der Waals surface area contributed by atoms with Crippen LogP contribution in [0.15, 0.2) is 42.5 Å². The molecule has 2 heterocycles. The van der Waals surface area contributed by atoms with Gasteiger partial charge in [-0.2, -0.15) is 0 Å². The first-order chi connectivity index (χ1) is 14.0. The average molecular weight is 403 g/mol. The molecule has 2 aromatic rings. The Kier molecular flexibility index (Phi) is 5.76. The predicted octanol–water partition coefficient (Wildman–Crippen LogP) is 3.53. The van der Waals surface area contributed by atoms with Crippen LogP contribution in [0.25, 0.3) is 0 Å². The molecule has 0 aliphatic carbocycles. The SMILES string of the molecule is O=C(c1ccc(F)c(F)c1)N1CCC[C@H](N2CCN(c3ccc(F)cc3)CC2)C1.